The minimum Gasteiger partial charge on any atom is -0.456 e. The van der Waals surface area contributed by atoms with Crippen molar-refractivity contribution >= 4 is 55.4 Å². The summed E-state index contributed by atoms with van der Waals surface area (Å²) in [4.78, 5) is 5.54. The molecule has 4 heteroatoms. The Kier molecular flexibility index (Phi) is 7.54. The van der Waals surface area contributed by atoms with Gasteiger partial charge in [-0.2, -0.15) is 0 Å². The van der Waals surface area contributed by atoms with E-state index in [0.29, 0.717) is 0 Å². The molecule has 7 aromatic carbocycles. The smallest absolute Gasteiger partial charge is 0.136 e. The Bertz CT molecular complexity index is 2860. The summed E-state index contributed by atoms with van der Waals surface area (Å²) in [6, 6.07) is 57.6. The molecule has 1 aliphatic heterocycles. The van der Waals surface area contributed by atoms with Crippen LogP contribution in [0, 0.1) is 0 Å². The van der Waals surface area contributed by atoms with Crippen molar-refractivity contribution in [3.8, 4) is 22.3 Å². The van der Waals surface area contributed by atoms with Gasteiger partial charge in [0.2, 0.25) is 0 Å². The predicted octanol–water partition coefficient (Wildman–Crippen LogP) is 13.1. The number of rotatable bonds is 5. The van der Waals surface area contributed by atoms with Gasteiger partial charge >= 0.3 is 0 Å². The maximum atomic E-state index is 6.54. The molecule has 0 saturated heterocycles. The van der Waals surface area contributed by atoms with Gasteiger partial charge in [0.05, 0.1) is 11.7 Å². The van der Waals surface area contributed by atoms with Crippen LogP contribution in [0.1, 0.15) is 42.5 Å². The molecule has 9 aromatic rings. The summed E-state index contributed by atoms with van der Waals surface area (Å²) in [7, 11) is 0. The molecule has 0 saturated carbocycles. The molecule has 254 valence electrons. The minimum atomic E-state index is 0.0902. The lowest BCUT2D eigenvalue weighted by atomic mass is 9.94. The third kappa shape index (κ3) is 5.60. The second kappa shape index (κ2) is 12.8. The van der Waals surface area contributed by atoms with Gasteiger partial charge in [-0.1, -0.05) is 127 Å². The van der Waals surface area contributed by atoms with Gasteiger partial charge < -0.3 is 14.2 Å². The third-order valence-corrected chi connectivity index (χ3v) is 10.7. The Balaban J connectivity index is 1.13. The Hall–Kier alpha value is -6.65. The number of allylic oxidation sites excluding steroid dienone is 1. The van der Waals surface area contributed by atoms with Crippen LogP contribution in [0.2, 0.25) is 0 Å². The van der Waals surface area contributed by atoms with E-state index in [9.17, 15) is 0 Å². The summed E-state index contributed by atoms with van der Waals surface area (Å²) in [5.41, 5.74) is 13.8. The highest BCUT2D eigenvalue weighted by Crippen LogP contribution is 2.38. The zero-order valence-corrected chi connectivity index (χ0v) is 29.3. The summed E-state index contributed by atoms with van der Waals surface area (Å²) < 4.78 is 12.7. The average Bonchev–Trinajstić information content (AvgIpc) is 3.78. The first-order chi connectivity index (χ1) is 26.2. The molecule has 0 bridgehead atoms. The maximum Gasteiger partial charge on any atom is 0.136 e. The number of nitrogens with zero attached hydrogens (tertiary/aromatic N) is 1. The molecule has 0 amide bonds. The van der Waals surface area contributed by atoms with Crippen molar-refractivity contribution in [3.05, 3.63) is 186 Å². The van der Waals surface area contributed by atoms with Crippen molar-refractivity contribution in [2.24, 2.45) is 4.99 Å². The fourth-order valence-electron chi connectivity index (χ4n) is 7.90. The average molecular weight is 685 g/mol. The van der Waals surface area contributed by atoms with Crippen LogP contribution in [0.15, 0.2) is 183 Å². The van der Waals surface area contributed by atoms with Crippen molar-refractivity contribution in [1.29, 1.82) is 0 Å². The standard InChI is InChI=1S/C49H36N2O2/c1-31-19-26-42(34-13-6-3-7-14-34)50-49(51-48(31)35-22-20-33(21-23-35)32-11-4-2-5-12-32)39-16-10-18-46-47(39)41-30-37(25-28-45(41)53-46)36-24-27-44-40(29-36)38-15-8-9-17-43(38)52-44/h2-18,20-25,27-30,42H,19,26H2,1H3,(H,50,51)/b48-31+. The largest absolute Gasteiger partial charge is 0.456 e. The number of para-hydroxylation sites is 1. The van der Waals surface area contributed by atoms with Crippen LogP contribution in [0.25, 0.3) is 71.8 Å². The van der Waals surface area contributed by atoms with E-state index in [-0.39, 0.29) is 6.04 Å². The molecule has 1 aliphatic rings. The number of furan rings is 2. The fraction of sp³-hybridized carbons (Fsp3) is 0.0816. The molecule has 0 aliphatic carbocycles. The van der Waals surface area contributed by atoms with Gasteiger partial charge in [-0.15, -0.1) is 0 Å². The Morgan fingerprint density at radius 3 is 1.89 bits per heavy atom. The first-order valence-electron chi connectivity index (χ1n) is 18.3. The molecule has 10 rings (SSSR count). The molecule has 3 heterocycles. The van der Waals surface area contributed by atoms with Crippen molar-refractivity contribution in [3.63, 3.8) is 0 Å². The lowest BCUT2D eigenvalue weighted by Gasteiger charge is -2.26. The monoisotopic (exact) mass is 684 g/mol. The van der Waals surface area contributed by atoms with Crippen LogP contribution in [0.3, 0.4) is 0 Å². The van der Waals surface area contributed by atoms with E-state index in [0.717, 1.165) is 90.5 Å². The third-order valence-electron chi connectivity index (χ3n) is 10.7. The number of hydrogen-bond acceptors (Lipinski definition) is 4. The maximum absolute atomic E-state index is 6.54. The van der Waals surface area contributed by atoms with Gasteiger partial charge in [0.1, 0.15) is 28.2 Å². The van der Waals surface area contributed by atoms with Crippen molar-refractivity contribution in [1.82, 2.24) is 5.32 Å². The van der Waals surface area contributed by atoms with Gasteiger partial charge in [0, 0.05) is 32.7 Å². The lowest BCUT2D eigenvalue weighted by Crippen LogP contribution is -2.30. The molecule has 0 fully saturated rings. The minimum absolute atomic E-state index is 0.0902. The summed E-state index contributed by atoms with van der Waals surface area (Å²) in [5, 5.41) is 8.28. The molecule has 1 unspecified atom stereocenters. The Morgan fingerprint density at radius 2 is 1.09 bits per heavy atom. The van der Waals surface area contributed by atoms with Gasteiger partial charge in [0.25, 0.3) is 0 Å². The van der Waals surface area contributed by atoms with Gasteiger partial charge in [0.15, 0.2) is 0 Å². The summed E-state index contributed by atoms with van der Waals surface area (Å²) in [5.74, 6) is 0.838. The van der Waals surface area contributed by atoms with E-state index in [1.807, 2.05) is 12.1 Å². The quantitative estimate of drug-likeness (QED) is 0.196. The highest BCUT2D eigenvalue weighted by molar-refractivity contribution is 6.19. The molecule has 4 nitrogen and oxygen atoms in total. The van der Waals surface area contributed by atoms with Crippen LogP contribution >= 0.6 is 0 Å². The second-order valence-electron chi connectivity index (χ2n) is 14.0. The van der Waals surface area contributed by atoms with Crippen molar-refractivity contribution in [2.75, 3.05) is 0 Å². The number of amidine groups is 1. The molecule has 1 N–H and O–H groups in total. The highest BCUT2D eigenvalue weighted by atomic mass is 16.3. The summed E-state index contributed by atoms with van der Waals surface area (Å²) in [6.45, 7) is 2.23. The number of nitrogens with one attached hydrogen (secondary N) is 1. The van der Waals surface area contributed by atoms with E-state index in [1.54, 1.807) is 0 Å². The zero-order valence-electron chi connectivity index (χ0n) is 29.3. The topological polar surface area (TPSA) is 50.7 Å². The number of benzene rings is 7. The first-order valence-corrected chi connectivity index (χ1v) is 18.3. The number of fused-ring (bicyclic) bond motifs is 6. The summed E-state index contributed by atoms with van der Waals surface area (Å²) >= 11 is 0. The van der Waals surface area contributed by atoms with Gasteiger partial charge in [-0.25, -0.2) is 4.99 Å². The summed E-state index contributed by atoms with van der Waals surface area (Å²) in [6.07, 6.45) is 1.87. The van der Waals surface area contributed by atoms with Crippen molar-refractivity contribution in [2.45, 2.75) is 25.8 Å². The van der Waals surface area contributed by atoms with E-state index < -0.39 is 0 Å². The Morgan fingerprint density at radius 1 is 0.509 bits per heavy atom. The molecule has 53 heavy (non-hydrogen) atoms. The van der Waals surface area contributed by atoms with E-state index in [1.165, 1.54) is 22.3 Å². The number of hydrogen-bond donors (Lipinski definition) is 1. The predicted molar refractivity (Wildman–Crippen MR) is 219 cm³/mol. The van der Waals surface area contributed by atoms with Crippen LogP contribution < -0.4 is 5.32 Å². The SMILES string of the molecule is C/C1=C(/c2ccc(-c3ccccc3)cc2)N=C(c2cccc3oc4ccc(-c5ccc6oc7ccccc7c6c5)cc4c23)NC(c2ccccc2)CC1. The molecular weight excluding hydrogens is 649 g/mol. The molecular formula is C49H36N2O2. The van der Waals surface area contributed by atoms with E-state index >= 15 is 0 Å². The van der Waals surface area contributed by atoms with Gasteiger partial charge in [-0.3, -0.25) is 0 Å². The highest BCUT2D eigenvalue weighted by Gasteiger charge is 2.23. The van der Waals surface area contributed by atoms with E-state index in [4.69, 9.17) is 13.8 Å². The molecule has 1 atom stereocenters. The van der Waals surface area contributed by atoms with E-state index in [2.05, 4.69) is 164 Å². The molecule has 0 radical (unpaired) electrons. The normalized spacial score (nSPS) is 16.5. The van der Waals surface area contributed by atoms with Crippen LogP contribution in [0.5, 0.6) is 0 Å². The van der Waals surface area contributed by atoms with Crippen LogP contribution in [-0.4, -0.2) is 5.84 Å². The zero-order chi connectivity index (χ0) is 35.3. The molecule has 0 spiro atoms. The van der Waals surface area contributed by atoms with Gasteiger partial charge in [-0.05, 0) is 89.6 Å². The van der Waals surface area contributed by atoms with Crippen molar-refractivity contribution < 1.29 is 8.83 Å². The van der Waals surface area contributed by atoms with Crippen LogP contribution in [-0.2, 0) is 0 Å². The Labute approximate surface area is 307 Å². The lowest BCUT2D eigenvalue weighted by molar-refractivity contribution is 0.586. The second-order valence-corrected chi connectivity index (χ2v) is 14.0. The number of aliphatic imine (C=N–C) groups is 1. The van der Waals surface area contributed by atoms with Crippen LogP contribution in [0.4, 0.5) is 0 Å². The molecule has 2 aromatic heterocycles. The fourth-order valence-corrected chi connectivity index (χ4v) is 7.90. The first kappa shape index (κ1) is 31.1.